The van der Waals surface area contributed by atoms with E-state index in [1.54, 1.807) is 25.3 Å². The number of ether oxygens (including phenoxy) is 1. The van der Waals surface area contributed by atoms with Gasteiger partial charge in [-0.1, -0.05) is 25.4 Å². The first-order chi connectivity index (χ1) is 7.36. The summed E-state index contributed by atoms with van der Waals surface area (Å²) in [6.07, 6.45) is 0.0315. The van der Waals surface area contributed by atoms with Crippen molar-refractivity contribution in [2.75, 3.05) is 7.11 Å². The maximum atomic E-state index is 10.8. The van der Waals surface area contributed by atoms with E-state index in [0.717, 1.165) is 5.56 Å². The van der Waals surface area contributed by atoms with Crippen molar-refractivity contribution in [3.8, 4) is 5.75 Å². The first-order valence-corrected chi connectivity index (χ1v) is 5.30. The van der Waals surface area contributed by atoms with Crippen LogP contribution in [0.15, 0.2) is 18.2 Å². The topological polar surface area (TPSA) is 46.5 Å². The predicted octanol–water partition coefficient (Wildman–Crippen LogP) is 3.10. The minimum absolute atomic E-state index is 0.0315. The largest absolute Gasteiger partial charge is 0.496 e. The maximum Gasteiger partial charge on any atom is 0.304 e. The molecule has 0 saturated carbocycles. The zero-order chi connectivity index (χ0) is 12.3. The molecule has 0 radical (unpaired) electrons. The summed E-state index contributed by atoms with van der Waals surface area (Å²) in [6.45, 7) is 3.71. The first kappa shape index (κ1) is 12.8. The number of benzene rings is 1. The number of carboxylic acid groups (broad SMARTS) is 1. The van der Waals surface area contributed by atoms with E-state index in [4.69, 9.17) is 21.4 Å². The zero-order valence-corrected chi connectivity index (χ0v) is 10.3. The summed E-state index contributed by atoms with van der Waals surface area (Å²) in [5.74, 6) is -0.178. The summed E-state index contributed by atoms with van der Waals surface area (Å²) >= 11 is 5.91. The lowest BCUT2D eigenvalue weighted by molar-refractivity contribution is -0.138. The number of hydrogen-bond donors (Lipinski definition) is 1. The second-order valence-corrected chi connectivity index (χ2v) is 4.74. The molecule has 16 heavy (non-hydrogen) atoms. The van der Waals surface area contributed by atoms with E-state index in [-0.39, 0.29) is 6.42 Å². The van der Waals surface area contributed by atoms with Crippen molar-refractivity contribution in [3.63, 3.8) is 0 Å². The Labute approximate surface area is 100.0 Å². The molecule has 1 aromatic carbocycles. The van der Waals surface area contributed by atoms with Gasteiger partial charge in [-0.2, -0.15) is 0 Å². The van der Waals surface area contributed by atoms with E-state index in [9.17, 15) is 4.79 Å². The van der Waals surface area contributed by atoms with E-state index in [0.29, 0.717) is 10.8 Å². The van der Waals surface area contributed by atoms with Gasteiger partial charge in [-0.25, -0.2) is 0 Å². The normalized spacial score (nSPS) is 11.2. The van der Waals surface area contributed by atoms with E-state index in [1.165, 1.54) is 0 Å². The average Bonchev–Trinajstić information content (AvgIpc) is 2.15. The number of aliphatic carboxylic acids is 1. The first-order valence-electron chi connectivity index (χ1n) is 4.92. The molecule has 0 aromatic heterocycles. The molecule has 0 aliphatic rings. The molecule has 0 amide bonds. The van der Waals surface area contributed by atoms with Crippen molar-refractivity contribution in [1.29, 1.82) is 0 Å². The predicted molar refractivity (Wildman–Crippen MR) is 63.3 cm³/mol. The minimum Gasteiger partial charge on any atom is -0.496 e. The fourth-order valence-electron chi connectivity index (χ4n) is 1.68. The van der Waals surface area contributed by atoms with Crippen LogP contribution in [0, 0.1) is 0 Å². The molecule has 4 heteroatoms. The van der Waals surface area contributed by atoms with Crippen LogP contribution >= 0.6 is 11.6 Å². The summed E-state index contributed by atoms with van der Waals surface area (Å²) < 4.78 is 5.22. The number of carbonyl (C=O) groups is 1. The van der Waals surface area contributed by atoms with Gasteiger partial charge < -0.3 is 9.84 Å². The van der Waals surface area contributed by atoms with Crippen LogP contribution in [-0.2, 0) is 10.2 Å². The smallest absolute Gasteiger partial charge is 0.304 e. The Hall–Kier alpha value is -1.22. The molecule has 0 aliphatic heterocycles. The Bertz CT molecular complexity index is 399. The zero-order valence-electron chi connectivity index (χ0n) is 9.58. The highest BCUT2D eigenvalue weighted by Gasteiger charge is 2.27. The number of rotatable bonds is 4. The van der Waals surface area contributed by atoms with Crippen LogP contribution in [0.25, 0.3) is 0 Å². The van der Waals surface area contributed by atoms with E-state index in [1.807, 2.05) is 13.8 Å². The molecule has 0 aliphatic carbocycles. The van der Waals surface area contributed by atoms with Gasteiger partial charge in [0, 0.05) is 16.0 Å². The highest BCUT2D eigenvalue weighted by molar-refractivity contribution is 6.30. The molecule has 0 heterocycles. The second kappa shape index (κ2) is 4.74. The van der Waals surface area contributed by atoms with Crippen molar-refractivity contribution < 1.29 is 14.6 Å². The lowest BCUT2D eigenvalue weighted by Crippen LogP contribution is -2.22. The molecule has 0 bridgehead atoms. The summed E-state index contributed by atoms with van der Waals surface area (Å²) in [6, 6.07) is 5.23. The van der Waals surface area contributed by atoms with Crippen LogP contribution in [0.5, 0.6) is 5.75 Å². The van der Waals surface area contributed by atoms with Gasteiger partial charge in [-0.15, -0.1) is 0 Å². The van der Waals surface area contributed by atoms with Gasteiger partial charge in [0.25, 0.3) is 0 Å². The standard InChI is InChI=1S/C12H15ClO3/c1-12(2,7-11(14)15)9-6-8(13)4-5-10(9)16-3/h4-6H,7H2,1-3H3,(H,14,15). The Balaban J connectivity index is 3.18. The van der Waals surface area contributed by atoms with Gasteiger partial charge in [0.1, 0.15) is 5.75 Å². The number of carboxylic acids is 1. The Morgan fingerprint density at radius 1 is 1.50 bits per heavy atom. The summed E-state index contributed by atoms with van der Waals surface area (Å²) in [7, 11) is 1.56. The third-order valence-electron chi connectivity index (χ3n) is 2.48. The van der Waals surface area contributed by atoms with Crippen molar-refractivity contribution in [3.05, 3.63) is 28.8 Å². The van der Waals surface area contributed by atoms with Crippen LogP contribution in [0.3, 0.4) is 0 Å². The highest BCUT2D eigenvalue weighted by atomic mass is 35.5. The quantitative estimate of drug-likeness (QED) is 0.883. The van der Waals surface area contributed by atoms with Crippen LogP contribution in [-0.4, -0.2) is 18.2 Å². The molecular weight excluding hydrogens is 228 g/mol. The molecule has 0 unspecified atom stereocenters. The van der Waals surface area contributed by atoms with Crippen LogP contribution < -0.4 is 4.74 Å². The van der Waals surface area contributed by atoms with Crippen molar-refractivity contribution in [1.82, 2.24) is 0 Å². The molecule has 1 N–H and O–H groups in total. The SMILES string of the molecule is COc1ccc(Cl)cc1C(C)(C)CC(=O)O. The van der Waals surface area contributed by atoms with E-state index >= 15 is 0 Å². The fraction of sp³-hybridized carbons (Fsp3) is 0.417. The maximum absolute atomic E-state index is 10.8. The second-order valence-electron chi connectivity index (χ2n) is 4.30. The van der Waals surface area contributed by atoms with Gasteiger partial charge >= 0.3 is 5.97 Å². The Morgan fingerprint density at radius 2 is 2.12 bits per heavy atom. The molecule has 88 valence electrons. The van der Waals surface area contributed by atoms with Gasteiger partial charge in [-0.3, -0.25) is 4.79 Å². The van der Waals surface area contributed by atoms with Gasteiger partial charge in [0.05, 0.1) is 13.5 Å². The third kappa shape index (κ3) is 2.89. The summed E-state index contributed by atoms with van der Waals surface area (Å²) in [5, 5.41) is 9.45. The molecule has 0 atom stereocenters. The molecule has 0 spiro atoms. The molecule has 0 saturated heterocycles. The average molecular weight is 243 g/mol. The van der Waals surface area contributed by atoms with Crippen LogP contribution in [0.2, 0.25) is 5.02 Å². The molecule has 1 aromatic rings. The number of halogens is 1. The Morgan fingerprint density at radius 3 is 2.62 bits per heavy atom. The van der Waals surface area contributed by atoms with Crippen molar-refractivity contribution in [2.45, 2.75) is 25.7 Å². The monoisotopic (exact) mass is 242 g/mol. The van der Waals surface area contributed by atoms with Gasteiger partial charge in [0.2, 0.25) is 0 Å². The fourth-order valence-corrected chi connectivity index (χ4v) is 1.85. The molecule has 1 rings (SSSR count). The summed E-state index contributed by atoms with van der Waals surface area (Å²) in [5.41, 5.74) is 0.298. The Kier molecular flexibility index (Phi) is 3.81. The van der Waals surface area contributed by atoms with E-state index < -0.39 is 11.4 Å². The lowest BCUT2D eigenvalue weighted by atomic mass is 9.81. The highest BCUT2D eigenvalue weighted by Crippen LogP contribution is 2.35. The van der Waals surface area contributed by atoms with Crippen molar-refractivity contribution >= 4 is 17.6 Å². The molecule has 0 fully saturated rings. The molecular formula is C12H15ClO3. The van der Waals surface area contributed by atoms with E-state index in [2.05, 4.69) is 0 Å². The number of hydrogen-bond acceptors (Lipinski definition) is 2. The number of methoxy groups -OCH3 is 1. The van der Waals surface area contributed by atoms with Crippen LogP contribution in [0.1, 0.15) is 25.8 Å². The minimum atomic E-state index is -0.841. The van der Waals surface area contributed by atoms with Gasteiger partial charge in [-0.05, 0) is 18.2 Å². The lowest BCUT2D eigenvalue weighted by Gasteiger charge is -2.25. The van der Waals surface area contributed by atoms with Gasteiger partial charge in [0.15, 0.2) is 0 Å². The molecule has 3 nitrogen and oxygen atoms in total. The summed E-state index contributed by atoms with van der Waals surface area (Å²) in [4.78, 5) is 10.8. The van der Waals surface area contributed by atoms with Crippen LogP contribution in [0.4, 0.5) is 0 Å². The third-order valence-corrected chi connectivity index (χ3v) is 2.72. The van der Waals surface area contributed by atoms with Crippen molar-refractivity contribution in [2.24, 2.45) is 0 Å².